The molecule has 31 heavy (non-hydrogen) atoms. The first-order valence-electron chi connectivity index (χ1n) is 9.91. The van der Waals surface area contributed by atoms with Crippen LogP contribution in [0.3, 0.4) is 0 Å². The Hall–Kier alpha value is -3.91. The summed E-state index contributed by atoms with van der Waals surface area (Å²) >= 11 is 0. The highest BCUT2D eigenvalue weighted by atomic mass is 16.5. The molecule has 1 saturated heterocycles. The van der Waals surface area contributed by atoms with Gasteiger partial charge in [-0.05, 0) is 31.0 Å². The fraction of sp³-hybridized carbons (Fsp3) is 0.348. The van der Waals surface area contributed by atoms with Gasteiger partial charge in [0.05, 0.1) is 13.2 Å². The van der Waals surface area contributed by atoms with Gasteiger partial charge in [0.2, 0.25) is 11.8 Å². The van der Waals surface area contributed by atoms with Crippen molar-refractivity contribution in [2.45, 2.75) is 31.3 Å². The molecule has 1 aliphatic rings. The predicted octanol–water partition coefficient (Wildman–Crippen LogP) is 0.942. The smallest absolute Gasteiger partial charge is 0.268 e. The van der Waals surface area contributed by atoms with Gasteiger partial charge in [0.1, 0.15) is 17.5 Å². The molecular weight excluding hydrogens is 396 g/mol. The van der Waals surface area contributed by atoms with Crippen LogP contribution in [-0.4, -0.2) is 48.4 Å². The Morgan fingerprint density at radius 1 is 1.32 bits per heavy atom. The lowest BCUT2D eigenvalue weighted by Crippen LogP contribution is -2.49. The molecule has 1 aliphatic heterocycles. The molecule has 3 amide bonds. The number of carbonyl (C=O) groups is 3. The Labute approximate surface area is 180 Å². The molecular formula is C23H24N4O4. The number of fused-ring (bicyclic) bond motifs is 1. The van der Waals surface area contributed by atoms with Crippen molar-refractivity contribution in [2.24, 2.45) is 5.92 Å². The first kappa shape index (κ1) is 21.8. The van der Waals surface area contributed by atoms with E-state index in [0.29, 0.717) is 25.1 Å². The summed E-state index contributed by atoms with van der Waals surface area (Å²) in [6, 6.07) is 5.44. The number of hydrogen-bond donors (Lipinski definition) is 4. The van der Waals surface area contributed by atoms with Gasteiger partial charge < -0.3 is 25.7 Å². The van der Waals surface area contributed by atoms with Gasteiger partial charge in [0.15, 0.2) is 0 Å². The number of ether oxygens (including phenoxy) is 1. The van der Waals surface area contributed by atoms with Gasteiger partial charge in [-0.1, -0.05) is 12.0 Å². The molecule has 0 bridgehead atoms. The standard InChI is InChI=1S/C23H24N4O4/c1-4-7-18(22(29)25-15(5-2)12-14-10-11-24-21(14)28)27-23(30)19-13-16-17(26-19)8-6-9-20(16)31-3/h1-2,6,8-9,13-15,18,26H,7,10-12H2,3H3,(H,24,28)(H,25,29)(H,27,30)/t14-,15+,18-/m0/s1. The Morgan fingerprint density at radius 3 is 2.77 bits per heavy atom. The third kappa shape index (κ3) is 4.99. The van der Waals surface area contributed by atoms with Crippen molar-refractivity contribution in [3.05, 3.63) is 30.0 Å². The highest BCUT2D eigenvalue weighted by Gasteiger charge is 2.29. The molecule has 3 atom stereocenters. The molecule has 0 aliphatic carbocycles. The second kappa shape index (κ2) is 9.73. The van der Waals surface area contributed by atoms with Crippen molar-refractivity contribution in [1.82, 2.24) is 20.9 Å². The minimum Gasteiger partial charge on any atom is -0.496 e. The van der Waals surface area contributed by atoms with Gasteiger partial charge in [0.25, 0.3) is 5.91 Å². The van der Waals surface area contributed by atoms with Crippen LogP contribution in [0.15, 0.2) is 24.3 Å². The highest BCUT2D eigenvalue weighted by molar-refractivity contribution is 6.01. The lowest BCUT2D eigenvalue weighted by atomic mass is 9.98. The van der Waals surface area contributed by atoms with Crippen molar-refractivity contribution in [2.75, 3.05) is 13.7 Å². The van der Waals surface area contributed by atoms with E-state index in [2.05, 4.69) is 32.8 Å². The molecule has 2 aromatic rings. The van der Waals surface area contributed by atoms with Crippen molar-refractivity contribution < 1.29 is 19.1 Å². The summed E-state index contributed by atoms with van der Waals surface area (Å²) in [6.45, 7) is 0.597. The average molecular weight is 420 g/mol. The molecule has 1 fully saturated rings. The molecule has 1 aromatic carbocycles. The Bertz CT molecular complexity index is 1080. The maximum Gasteiger partial charge on any atom is 0.268 e. The van der Waals surface area contributed by atoms with Crippen molar-refractivity contribution >= 4 is 28.6 Å². The average Bonchev–Trinajstić information content (AvgIpc) is 3.38. The van der Waals surface area contributed by atoms with Crippen LogP contribution in [0.2, 0.25) is 0 Å². The van der Waals surface area contributed by atoms with E-state index in [1.54, 1.807) is 25.3 Å². The molecule has 0 saturated carbocycles. The highest BCUT2D eigenvalue weighted by Crippen LogP contribution is 2.26. The number of H-pyrrole nitrogens is 1. The van der Waals surface area contributed by atoms with E-state index < -0.39 is 23.9 Å². The molecule has 8 heteroatoms. The lowest BCUT2D eigenvalue weighted by molar-refractivity contribution is -0.125. The summed E-state index contributed by atoms with van der Waals surface area (Å²) in [7, 11) is 1.55. The van der Waals surface area contributed by atoms with Crippen molar-refractivity contribution in [3.8, 4) is 30.4 Å². The zero-order valence-corrected chi connectivity index (χ0v) is 17.2. The summed E-state index contributed by atoms with van der Waals surface area (Å²) in [5.74, 6) is 4.22. The molecule has 0 unspecified atom stereocenters. The van der Waals surface area contributed by atoms with E-state index in [1.807, 2.05) is 6.07 Å². The monoisotopic (exact) mass is 420 g/mol. The first-order chi connectivity index (χ1) is 15.0. The third-order valence-electron chi connectivity index (χ3n) is 5.23. The van der Waals surface area contributed by atoms with Crippen LogP contribution in [-0.2, 0) is 9.59 Å². The van der Waals surface area contributed by atoms with Crippen LogP contribution in [0.4, 0.5) is 0 Å². The van der Waals surface area contributed by atoms with Crippen LogP contribution in [0.25, 0.3) is 10.9 Å². The Kier molecular flexibility index (Phi) is 6.84. The van der Waals surface area contributed by atoms with Gasteiger partial charge in [-0.2, -0.15) is 0 Å². The van der Waals surface area contributed by atoms with Gasteiger partial charge in [0, 0.05) is 29.8 Å². The Morgan fingerprint density at radius 2 is 2.13 bits per heavy atom. The van der Waals surface area contributed by atoms with Crippen molar-refractivity contribution in [1.29, 1.82) is 0 Å². The van der Waals surface area contributed by atoms with Gasteiger partial charge in [-0.15, -0.1) is 18.8 Å². The normalized spacial score (nSPS) is 17.1. The molecule has 0 spiro atoms. The maximum absolute atomic E-state index is 12.8. The summed E-state index contributed by atoms with van der Waals surface area (Å²) < 4.78 is 5.31. The van der Waals surface area contributed by atoms with Crippen LogP contribution in [0.1, 0.15) is 29.8 Å². The molecule has 1 aromatic heterocycles. The summed E-state index contributed by atoms with van der Waals surface area (Å²) in [6.07, 6.45) is 11.9. The van der Waals surface area contributed by atoms with E-state index in [0.717, 1.165) is 10.9 Å². The quantitative estimate of drug-likeness (QED) is 0.476. The minimum absolute atomic E-state index is 0.0116. The van der Waals surface area contributed by atoms with Crippen LogP contribution < -0.4 is 20.7 Å². The summed E-state index contributed by atoms with van der Waals surface area (Å²) in [5, 5.41) is 8.84. The van der Waals surface area contributed by atoms with E-state index >= 15 is 0 Å². The fourth-order valence-electron chi connectivity index (χ4n) is 3.59. The number of nitrogens with one attached hydrogen (secondary N) is 4. The number of aromatic nitrogens is 1. The second-order valence-electron chi connectivity index (χ2n) is 7.28. The number of amides is 3. The number of hydrogen-bond acceptors (Lipinski definition) is 4. The number of aromatic amines is 1. The second-order valence-corrected chi connectivity index (χ2v) is 7.28. The molecule has 2 heterocycles. The topological polar surface area (TPSA) is 112 Å². The third-order valence-corrected chi connectivity index (χ3v) is 5.23. The van der Waals surface area contributed by atoms with Crippen LogP contribution in [0, 0.1) is 30.6 Å². The van der Waals surface area contributed by atoms with Crippen molar-refractivity contribution in [3.63, 3.8) is 0 Å². The molecule has 4 N–H and O–H groups in total. The van der Waals surface area contributed by atoms with E-state index in [1.165, 1.54) is 0 Å². The SMILES string of the molecule is C#CC[C@H](NC(=O)c1cc2c(OC)cccc2[nH]1)C(=O)N[C@H](C#C)C[C@@H]1CCNC1=O. The van der Waals surface area contributed by atoms with E-state index in [-0.39, 0.29) is 23.9 Å². The molecule has 160 valence electrons. The molecule has 0 radical (unpaired) electrons. The number of carbonyl (C=O) groups excluding carboxylic acids is 3. The Balaban J connectivity index is 1.69. The molecule has 8 nitrogen and oxygen atoms in total. The minimum atomic E-state index is -0.973. The largest absolute Gasteiger partial charge is 0.496 e. The number of terminal acetylenes is 2. The lowest BCUT2D eigenvalue weighted by Gasteiger charge is -2.20. The first-order valence-corrected chi connectivity index (χ1v) is 9.91. The van der Waals surface area contributed by atoms with Gasteiger partial charge >= 0.3 is 0 Å². The van der Waals surface area contributed by atoms with Crippen LogP contribution in [0.5, 0.6) is 5.75 Å². The van der Waals surface area contributed by atoms with Crippen LogP contribution >= 0.6 is 0 Å². The summed E-state index contributed by atoms with van der Waals surface area (Å²) in [4.78, 5) is 40.3. The number of benzene rings is 1. The number of rotatable bonds is 8. The van der Waals surface area contributed by atoms with E-state index in [9.17, 15) is 14.4 Å². The summed E-state index contributed by atoms with van der Waals surface area (Å²) in [5.41, 5.74) is 0.995. The fourth-order valence-corrected chi connectivity index (χ4v) is 3.59. The number of methoxy groups -OCH3 is 1. The zero-order chi connectivity index (χ0) is 22.4. The van der Waals surface area contributed by atoms with Gasteiger partial charge in [-0.25, -0.2) is 0 Å². The maximum atomic E-state index is 12.8. The molecule has 3 rings (SSSR count). The zero-order valence-electron chi connectivity index (χ0n) is 17.2. The van der Waals surface area contributed by atoms with Gasteiger partial charge in [-0.3, -0.25) is 14.4 Å². The predicted molar refractivity (Wildman–Crippen MR) is 116 cm³/mol. The van der Waals surface area contributed by atoms with E-state index in [4.69, 9.17) is 17.6 Å².